The number of alkyl halides is 3. The molecular weight excluding hydrogens is 459 g/mol. The molecule has 2 aromatic carbocycles. The lowest BCUT2D eigenvalue weighted by Gasteiger charge is -2.16. The lowest BCUT2D eigenvalue weighted by molar-refractivity contribution is -0.205. The fourth-order valence-corrected chi connectivity index (χ4v) is 3.39. The summed E-state index contributed by atoms with van der Waals surface area (Å²) in [5.74, 6) is -2.37. The number of nitrogens with two attached hydrogens (primary N) is 1. The number of carbonyl (C=O) groups excluding carboxylic acids is 1. The number of H-pyrrole nitrogens is 1. The van der Waals surface area contributed by atoms with Crippen LogP contribution in [0.4, 0.5) is 13.2 Å². The van der Waals surface area contributed by atoms with Crippen LogP contribution in [-0.4, -0.2) is 22.1 Å². The standard InChI is InChI=1S/C23H15ClF3N3O3/c24-15-7-5-12(6-8-15)16-11-17-18(9-10-29-21(17)31)30-19(16)13-1-3-14(4-2-13)20(28)33-22(32)23(25,26)27/h1-11,20H,28H2,(H,29,31). The summed E-state index contributed by atoms with van der Waals surface area (Å²) in [5, 5.41) is 0.933. The zero-order chi connectivity index (χ0) is 23.8. The highest BCUT2D eigenvalue weighted by atomic mass is 35.5. The molecule has 0 bridgehead atoms. The molecule has 0 radical (unpaired) electrons. The number of carbonyl (C=O) groups is 1. The summed E-state index contributed by atoms with van der Waals surface area (Å²) < 4.78 is 41.5. The van der Waals surface area contributed by atoms with E-state index in [1.807, 2.05) is 0 Å². The predicted octanol–water partition coefficient (Wildman–Crippen LogP) is 4.97. The Labute approximate surface area is 189 Å². The average Bonchev–Trinajstić information content (AvgIpc) is 2.78. The van der Waals surface area contributed by atoms with Gasteiger partial charge in [0, 0.05) is 27.9 Å². The molecule has 2 heterocycles. The molecule has 6 nitrogen and oxygen atoms in total. The maximum atomic E-state index is 12.4. The first-order chi connectivity index (χ1) is 15.6. The van der Waals surface area contributed by atoms with Gasteiger partial charge in [0.25, 0.3) is 5.56 Å². The van der Waals surface area contributed by atoms with Gasteiger partial charge < -0.3 is 9.72 Å². The first-order valence-corrected chi connectivity index (χ1v) is 9.93. The van der Waals surface area contributed by atoms with E-state index in [1.54, 1.807) is 48.5 Å². The zero-order valence-electron chi connectivity index (χ0n) is 16.7. The van der Waals surface area contributed by atoms with E-state index >= 15 is 0 Å². The number of rotatable bonds is 4. The number of hydrogen-bond acceptors (Lipinski definition) is 5. The Kier molecular flexibility index (Phi) is 5.92. The molecule has 4 rings (SSSR count). The van der Waals surface area contributed by atoms with E-state index < -0.39 is 18.4 Å². The van der Waals surface area contributed by atoms with E-state index in [0.29, 0.717) is 32.7 Å². The first kappa shape index (κ1) is 22.5. The third-order valence-electron chi connectivity index (χ3n) is 4.89. The summed E-state index contributed by atoms with van der Waals surface area (Å²) >= 11 is 6.00. The fourth-order valence-electron chi connectivity index (χ4n) is 3.26. The van der Waals surface area contributed by atoms with Gasteiger partial charge in [-0.1, -0.05) is 48.0 Å². The van der Waals surface area contributed by atoms with Gasteiger partial charge in [-0.2, -0.15) is 13.2 Å². The molecule has 0 aliphatic heterocycles. The maximum absolute atomic E-state index is 12.4. The monoisotopic (exact) mass is 473 g/mol. The molecule has 3 N–H and O–H groups in total. The second-order valence-electron chi connectivity index (χ2n) is 7.08. The number of aromatic nitrogens is 2. The molecular formula is C23H15ClF3N3O3. The lowest BCUT2D eigenvalue weighted by atomic mass is 9.97. The molecule has 0 saturated heterocycles. The number of nitrogens with zero attached hydrogens (tertiary/aromatic N) is 1. The second kappa shape index (κ2) is 8.68. The van der Waals surface area contributed by atoms with Crippen molar-refractivity contribution in [2.75, 3.05) is 0 Å². The number of halogens is 4. The van der Waals surface area contributed by atoms with Crippen LogP contribution in [0.15, 0.2) is 71.7 Å². The van der Waals surface area contributed by atoms with Gasteiger partial charge in [-0.05, 0) is 29.8 Å². The minimum absolute atomic E-state index is 0.168. The van der Waals surface area contributed by atoms with Crippen molar-refractivity contribution >= 4 is 28.5 Å². The second-order valence-corrected chi connectivity index (χ2v) is 7.51. The summed E-state index contributed by atoms with van der Waals surface area (Å²) in [7, 11) is 0. The summed E-state index contributed by atoms with van der Waals surface area (Å²) in [4.78, 5) is 30.6. The first-order valence-electron chi connectivity index (χ1n) is 9.55. The molecule has 2 aromatic heterocycles. The van der Waals surface area contributed by atoms with Gasteiger partial charge >= 0.3 is 12.1 Å². The number of pyridine rings is 2. The van der Waals surface area contributed by atoms with Gasteiger partial charge in [0.2, 0.25) is 0 Å². The quantitative estimate of drug-likeness (QED) is 0.322. The van der Waals surface area contributed by atoms with Crippen LogP contribution in [0, 0.1) is 0 Å². The smallest absolute Gasteiger partial charge is 0.436 e. The van der Waals surface area contributed by atoms with Crippen LogP contribution >= 0.6 is 11.6 Å². The van der Waals surface area contributed by atoms with Crippen molar-refractivity contribution in [3.8, 4) is 22.4 Å². The van der Waals surface area contributed by atoms with E-state index in [1.165, 1.54) is 18.3 Å². The van der Waals surface area contributed by atoms with Gasteiger partial charge in [0.15, 0.2) is 6.23 Å². The van der Waals surface area contributed by atoms with Gasteiger partial charge in [-0.15, -0.1) is 0 Å². The van der Waals surface area contributed by atoms with Crippen LogP contribution in [0.3, 0.4) is 0 Å². The Morgan fingerprint density at radius 3 is 2.30 bits per heavy atom. The Bertz CT molecular complexity index is 1380. The molecule has 0 fully saturated rings. The summed E-state index contributed by atoms with van der Waals surface area (Å²) in [5.41, 5.74) is 8.48. The average molecular weight is 474 g/mol. The summed E-state index contributed by atoms with van der Waals surface area (Å²) in [6.07, 6.45) is -5.25. The topological polar surface area (TPSA) is 98.1 Å². The largest absolute Gasteiger partial charge is 0.490 e. The lowest BCUT2D eigenvalue weighted by Crippen LogP contribution is -2.29. The molecule has 4 aromatic rings. The van der Waals surface area contributed by atoms with Crippen LogP contribution in [0.2, 0.25) is 5.02 Å². The number of aromatic amines is 1. The van der Waals surface area contributed by atoms with Crippen molar-refractivity contribution in [2.24, 2.45) is 5.73 Å². The van der Waals surface area contributed by atoms with Gasteiger partial charge in [-0.25, -0.2) is 9.78 Å². The van der Waals surface area contributed by atoms with E-state index in [4.69, 9.17) is 17.3 Å². The van der Waals surface area contributed by atoms with Crippen molar-refractivity contribution in [1.29, 1.82) is 0 Å². The van der Waals surface area contributed by atoms with E-state index in [9.17, 15) is 22.8 Å². The number of fused-ring (bicyclic) bond motifs is 1. The molecule has 0 saturated carbocycles. The van der Waals surface area contributed by atoms with Gasteiger partial charge in [-0.3, -0.25) is 10.5 Å². The fraction of sp³-hybridized carbons (Fsp3) is 0.0870. The van der Waals surface area contributed by atoms with Crippen LogP contribution in [-0.2, 0) is 9.53 Å². The van der Waals surface area contributed by atoms with Crippen LogP contribution in [0.5, 0.6) is 0 Å². The normalized spacial score (nSPS) is 12.5. The third-order valence-corrected chi connectivity index (χ3v) is 5.14. The third kappa shape index (κ3) is 4.74. The number of nitrogens with one attached hydrogen (secondary N) is 1. The van der Waals surface area contributed by atoms with Crippen molar-refractivity contribution in [3.63, 3.8) is 0 Å². The Morgan fingerprint density at radius 2 is 1.67 bits per heavy atom. The van der Waals surface area contributed by atoms with Gasteiger partial charge in [0.05, 0.1) is 16.6 Å². The predicted molar refractivity (Wildman–Crippen MR) is 117 cm³/mol. The Morgan fingerprint density at radius 1 is 1.03 bits per heavy atom. The van der Waals surface area contributed by atoms with Gasteiger partial charge in [0.1, 0.15) is 0 Å². The molecule has 0 amide bonds. The number of hydrogen-bond donors (Lipinski definition) is 2. The molecule has 10 heteroatoms. The number of ether oxygens (including phenoxy) is 1. The molecule has 0 aliphatic carbocycles. The SMILES string of the molecule is NC(OC(=O)C(F)(F)F)c1ccc(-c2nc3cc[nH]c(=O)c3cc2-c2ccc(Cl)cc2)cc1. The van der Waals surface area contributed by atoms with Crippen molar-refractivity contribution in [2.45, 2.75) is 12.4 Å². The molecule has 168 valence electrons. The molecule has 1 atom stereocenters. The van der Waals surface area contributed by atoms with E-state index in [0.717, 1.165) is 5.56 Å². The van der Waals surface area contributed by atoms with Crippen molar-refractivity contribution in [1.82, 2.24) is 9.97 Å². The number of esters is 1. The van der Waals surface area contributed by atoms with Crippen LogP contribution < -0.4 is 11.3 Å². The van der Waals surface area contributed by atoms with E-state index in [-0.39, 0.29) is 11.1 Å². The zero-order valence-corrected chi connectivity index (χ0v) is 17.4. The summed E-state index contributed by atoms with van der Waals surface area (Å²) in [6.45, 7) is 0. The van der Waals surface area contributed by atoms with Crippen molar-refractivity contribution in [3.05, 3.63) is 87.8 Å². The molecule has 0 spiro atoms. The van der Waals surface area contributed by atoms with E-state index in [2.05, 4.69) is 14.7 Å². The molecule has 1 unspecified atom stereocenters. The molecule has 33 heavy (non-hydrogen) atoms. The molecule has 0 aliphatic rings. The minimum Gasteiger partial charge on any atom is -0.436 e. The summed E-state index contributed by atoms with van der Waals surface area (Å²) in [6, 6.07) is 16.4. The highest BCUT2D eigenvalue weighted by Crippen LogP contribution is 2.34. The highest BCUT2D eigenvalue weighted by Gasteiger charge is 2.42. The Balaban J connectivity index is 1.77. The van der Waals surface area contributed by atoms with Crippen LogP contribution in [0.1, 0.15) is 11.8 Å². The minimum atomic E-state index is -5.14. The maximum Gasteiger partial charge on any atom is 0.490 e. The number of benzene rings is 2. The Hall–Kier alpha value is -3.69. The highest BCUT2D eigenvalue weighted by molar-refractivity contribution is 6.30. The van der Waals surface area contributed by atoms with Crippen molar-refractivity contribution < 1.29 is 22.7 Å². The van der Waals surface area contributed by atoms with Crippen LogP contribution in [0.25, 0.3) is 33.3 Å².